The predicted octanol–water partition coefficient (Wildman–Crippen LogP) is 1.86. The van der Waals surface area contributed by atoms with Gasteiger partial charge in [-0.15, -0.1) is 0 Å². The molecule has 0 aliphatic rings. The lowest BCUT2D eigenvalue weighted by Crippen LogP contribution is -2.06. The van der Waals surface area contributed by atoms with Crippen molar-refractivity contribution in [1.82, 2.24) is 0 Å². The van der Waals surface area contributed by atoms with Crippen LogP contribution in [-0.4, -0.2) is 28.5 Å². The Kier molecular flexibility index (Phi) is 7.61. The molecular weight excluding hydrogens is 172 g/mol. The summed E-state index contributed by atoms with van der Waals surface area (Å²) in [6.07, 6.45) is 2.41. The maximum Gasteiger partial charge on any atom is 0.142 e. The van der Waals surface area contributed by atoms with Gasteiger partial charge < -0.3 is 5.11 Å². The number of hydrogen-bond donors (Lipinski definition) is 1. The van der Waals surface area contributed by atoms with E-state index in [2.05, 4.69) is 0 Å². The largest absolute Gasteiger partial charge is 0.396 e. The van der Waals surface area contributed by atoms with E-state index in [-0.39, 0.29) is 6.61 Å². The minimum absolute atomic E-state index is 0.218. The summed E-state index contributed by atoms with van der Waals surface area (Å²) in [5.41, 5.74) is 0. The van der Waals surface area contributed by atoms with Gasteiger partial charge in [0.1, 0.15) is 5.78 Å². The van der Waals surface area contributed by atoms with Crippen LogP contribution in [0.25, 0.3) is 0 Å². The molecule has 0 heterocycles. The van der Waals surface area contributed by atoms with Gasteiger partial charge in [0.05, 0.1) is 5.75 Å². The van der Waals surface area contributed by atoms with Gasteiger partial charge in [0, 0.05) is 18.3 Å². The summed E-state index contributed by atoms with van der Waals surface area (Å²) in [5.74, 6) is 0.932. The molecule has 0 aromatic carbocycles. The number of ketones is 1. The van der Waals surface area contributed by atoms with Gasteiger partial charge in [-0.1, -0.05) is 13.8 Å². The van der Waals surface area contributed by atoms with Crippen LogP contribution < -0.4 is 0 Å². The molecule has 72 valence electrons. The van der Waals surface area contributed by atoms with Gasteiger partial charge in [-0.2, -0.15) is 11.8 Å². The lowest BCUT2D eigenvalue weighted by Gasteiger charge is -2.07. The van der Waals surface area contributed by atoms with Gasteiger partial charge in [-0.05, 0) is 12.8 Å². The Hall–Kier alpha value is -0.0200. The Morgan fingerprint density at radius 2 is 2.25 bits per heavy atom. The normalized spacial score (nSPS) is 12.9. The molecule has 0 aliphatic carbocycles. The highest BCUT2D eigenvalue weighted by Crippen LogP contribution is 2.14. The van der Waals surface area contributed by atoms with Crippen LogP contribution in [0, 0.1) is 0 Å². The molecule has 3 heteroatoms. The highest BCUT2D eigenvalue weighted by Gasteiger charge is 2.05. The van der Waals surface area contributed by atoms with Crippen LogP contribution in [0.3, 0.4) is 0 Å². The molecule has 1 unspecified atom stereocenters. The molecule has 0 bridgehead atoms. The van der Waals surface area contributed by atoms with Gasteiger partial charge in [-0.3, -0.25) is 4.79 Å². The van der Waals surface area contributed by atoms with Gasteiger partial charge in [0.25, 0.3) is 0 Å². The van der Waals surface area contributed by atoms with E-state index >= 15 is 0 Å². The standard InChI is InChI=1S/C9H18O2S/c1-3-4-9(11)7-12-8(2)5-6-10/h8,10H,3-7H2,1-2H3. The van der Waals surface area contributed by atoms with Crippen molar-refractivity contribution in [1.29, 1.82) is 0 Å². The molecule has 0 radical (unpaired) electrons. The van der Waals surface area contributed by atoms with Crippen LogP contribution in [0.1, 0.15) is 33.1 Å². The van der Waals surface area contributed by atoms with E-state index in [0.29, 0.717) is 23.2 Å². The lowest BCUT2D eigenvalue weighted by molar-refractivity contribution is -0.116. The average Bonchev–Trinajstić information content (AvgIpc) is 2.02. The molecule has 0 fully saturated rings. The fourth-order valence-corrected chi connectivity index (χ4v) is 1.74. The monoisotopic (exact) mass is 190 g/mol. The average molecular weight is 190 g/mol. The summed E-state index contributed by atoms with van der Waals surface area (Å²) < 4.78 is 0. The summed E-state index contributed by atoms with van der Waals surface area (Å²) in [6, 6.07) is 0. The first-order chi connectivity index (χ1) is 5.70. The number of aliphatic hydroxyl groups is 1. The minimum atomic E-state index is 0.218. The van der Waals surface area contributed by atoms with Crippen LogP contribution in [0.5, 0.6) is 0 Å². The van der Waals surface area contributed by atoms with Crippen LogP contribution in [0.4, 0.5) is 0 Å². The number of aliphatic hydroxyl groups excluding tert-OH is 1. The van der Waals surface area contributed by atoms with E-state index in [4.69, 9.17) is 5.11 Å². The first-order valence-corrected chi connectivity index (χ1v) is 5.49. The summed E-state index contributed by atoms with van der Waals surface area (Å²) in [4.78, 5) is 11.1. The van der Waals surface area contributed by atoms with Crippen LogP contribution >= 0.6 is 11.8 Å². The summed E-state index contributed by atoms with van der Waals surface area (Å²) in [5, 5.41) is 9.01. The Morgan fingerprint density at radius 3 is 2.75 bits per heavy atom. The van der Waals surface area contributed by atoms with Crippen molar-refractivity contribution in [2.75, 3.05) is 12.4 Å². The van der Waals surface area contributed by atoms with Crippen molar-refractivity contribution in [3.05, 3.63) is 0 Å². The van der Waals surface area contributed by atoms with Crippen molar-refractivity contribution in [2.24, 2.45) is 0 Å². The molecule has 2 nitrogen and oxygen atoms in total. The molecule has 12 heavy (non-hydrogen) atoms. The topological polar surface area (TPSA) is 37.3 Å². The fraction of sp³-hybridized carbons (Fsp3) is 0.889. The molecule has 1 atom stereocenters. The van der Waals surface area contributed by atoms with Crippen molar-refractivity contribution in [3.8, 4) is 0 Å². The Bertz CT molecular complexity index is 126. The number of carbonyl (C=O) groups excluding carboxylic acids is 1. The van der Waals surface area contributed by atoms with E-state index in [1.54, 1.807) is 11.8 Å². The van der Waals surface area contributed by atoms with Crippen molar-refractivity contribution in [3.63, 3.8) is 0 Å². The van der Waals surface area contributed by atoms with Crippen LogP contribution in [0.15, 0.2) is 0 Å². The number of thioether (sulfide) groups is 1. The van der Waals surface area contributed by atoms with E-state index in [0.717, 1.165) is 12.8 Å². The quantitative estimate of drug-likeness (QED) is 0.666. The zero-order valence-electron chi connectivity index (χ0n) is 7.88. The van der Waals surface area contributed by atoms with Crippen LogP contribution in [-0.2, 0) is 4.79 Å². The molecule has 0 amide bonds. The van der Waals surface area contributed by atoms with Crippen LogP contribution in [0.2, 0.25) is 0 Å². The van der Waals surface area contributed by atoms with Crippen molar-refractivity contribution in [2.45, 2.75) is 38.4 Å². The highest BCUT2D eigenvalue weighted by atomic mass is 32.2. The second-order valence-electron chi connectivity index (χ2n) is 2.92. The minimum Gasteiger partial charge on any atom is -0.396 e. The smallest absolute Gasteiger partial charge is 0.142 e. The lowest BCUT2D eigenvalue weighted by atomic mass is 10.3. The maximum absolute atomic E-state index is 11.1. The van der Waals surface area contributed by atoms with Crippen molar-refractivity contribution >= 4 is 17.5 Å². The summed E-state index contributed by atoms with van der Waals surface area (Å²) >= 11 is 1.64. The number of hydrogen-bond acceptors (Lipinski definition) is 3. The van der Waals surface area contributed by atoms with E-state index < -0.39 is 0 Å². The van der Waals surface area contributed by atoms with E-state index in [1.165, 1.54) is 0 Å². The molecule has 0 aliphatic heterocycles. The van der Waals surface area contributed by atoms with E-state index in [9.17, 15) is 4.79 Å². The second-order valence-corrected chi connectivity index (χ2v) is 4.35. The molecular formula is C9H18O2S. The number of Topliss-reactive ketones (excluding diaryl/α,β-unsaturated/α-hetero) is 1. The Morgan fingerprint density at radius 1 is 1.58 bits per heavy atom. The second kappa shape index (κ2) is 7.62. The molecule has 0 saturated carbocycles. The summed E-state index contributed by atoms with van der Waals surface area (Å²) in [7, 11) is 0. The Balaban J connectivity index is 3.33. The van der Waals surface area contributed by atoms with Gasteiger partial charge in [0.15, 0.2) is 0 Å². The molecule has 0 aromatic rings. The fourth-order valence-electron chi connectivity index (χ4n) is 0.851. The first-order valence-electron chi connectivity index (χ1n) is 4.44. The molecule has 0 aromatic heterocycles. The third-order valence-electron chi connectivity index (χ3n) is 1.59. The van der Waals surface area contributed by atoms with Crippen molar-refractivity contribution < 1.29 is 9.90 Å². The highest BCUT2D eigenvalue weighted by molar-refractivity contribution is 8.00. The maximum atomic E-state index is 11.1. The molecule has 0 spiro atoms. The first kappa shape index (κ1) is 12.0. The number of rotatable bonds is 7. The number of carbonyl (C=O) groups is 1. The summed E-state index contributed by atoms with van der Waals surface area (Å²) in [6.45, 7) is 4.27. The third kappa shape index (κ3) is 6.68. The molecule has 0 saturated heterocycles. The Labute approximate surface area is 78.7 Å². The SMILES string of the molecule is CCCC(=O)CSC(C)CCO. The molecule has 1 N–H and O–H groups in total. The van der Waals surface area contributed by atoms with Gasteiger partial charge >= 0.3 is 0 Å². The zero-order valence-corrected chi connectivity index (χ0v) is 8.69. The van der Waals surface area contributed by atoms with Gasteiger partial charge in [-0.25, -0.2) is 0 Å². The predicted molar refractivity (Wildman–Crippen MR) is 53.5 cm³/mol. The van der Waals surface area contributed by atoms with E-state index in [1.807, 2.05) is 13.8 Å². The zero-order chi connectivity index (χ0) is 9.40. The third-order valence-corrected chi connectivity index (χ3v) is 2.89. The van der Waals surface area contributed by atoms with Gasteiger partial charge in [0.2, 0.25) is 0 Å². The molecule has 0 rings (SSSR count).